The van der Waals surface area contributed by atoms with Crippen molar-refractivity contribution in [1.82, 2.24) is 19.6 Å². The van der Waals surface area contributed by atoms with Gasteiger partial charge in [0.25, 0.3) is 0 Å². The molecule has 0 N–H and O–H groups in total. The van der Waals surface area contributed by atoms with Gasteiger partial charge in [-0.1, -0.05) is 0 Å². The standard InChI is InChI=1S/C19H16F2N4O/c1-10(2)26-13-5-6-15(21)14(9-13)19-22-11(3)18-24-23-16-8-12(20)4-7-17(16)25(18)19/h4-10H,1-3H3. The van der Waals surface area contributed by atoms with E-state index >= 15 is 0 Å². The van der Waals surface area contributed by atoms with Crippen molar-refractivity contribution in [3.8, 4) is 17.1 Å². The van der Waals surface area contributed by atoms with E-state index in [-0.39, 0.29) is 11.7 Å². The summed E-state index contributed by atoms with van der Waals surface area (Å²) in [6, 6.07) is 8.74. The van der Waals surface area contributed by atoms with Crippen LogP contribution in [0.2, 0.25) is 0 Å². The molecule has 2 aromatic carbocycles. The third-order valence-corrected chi connectivity index (χ3v) is 4.00. The summed E-state index contributed by atoms with van der Waals surface area (Å²) < 4.78 is 35.5. The van der Waals surface area contributed by atoms with Crippen LogP contribution in [-0.4, -0.2) is 25.7 Å². The zero-order valence-corrected chi connectivity index (χ0v) is 14.5. The highest BCUT2D eigenvalue weighted by molar-refractivity contribution is 5.80. The van der Waals surface area contributed by atoms with Gasteiger partial charge in [0, 0.05) is 6.07 Å². The van der Waals surface area contributed by atoms with Crippen LogP contribution < -0.4 is 4.74 Å². The van der Waals surface area contributed by atoms with E-state index < -0.39 is 11.6 Å². The molecule has 0 aliphatic rings. The highest BCUT2D eigenvalue weighted by atomic mass is 19.1. The van der Waals surface area contributed by atoms with E-state index in [2.05, 4.69) is 15.2 Å². The molecule has 2 aromatic heterocycles. The van der Waals surface area contributed by atoms with Crippen molar-refractivity contribution in [3.05, 3.63) is 53.7 Å². The number of aryl methyl sites for hydroxylation is 1. The summed E-state index contributed by atoms with van der Waals surface area (Å²) in [7, 11) is 0. The zero-order valence-electron chi connectivity index (χ0n) is 14.5. The maximum atomic E-state index is 14.6. The van der Waals surface area contributed by atoms with Gasteiger partial charge in [0.05, 0.1) is 22.9 Å². The Morgan fingerprint density at radius 1 is 1.04 bits per heavy atom. The number of imidazole rings is 1. The topological polar surface area (TPSA) is 52.3 Å². The molecule has 5 nitrogen and oxygen atoms in total. The maximum absolute atomic E-state index is 14.6. The van der Waals surface area contributed by atoms with Crippen molar-refractivity contribution in [1.29, 1.82) is 0 Å². The van der Waals surface area contributed by atoms with Gasteiger partial charge in [-0.25, -0.2) is 13.8 Å². The van der Waals surface area contributed by atoms with Crippen molar-refractivity contribution >= 4 is 16.7 Å². The Labute approximate surface area is 148 Å². The molecule has 0 saturated carbocycles. The normalized spacial score (nSPS) is 11.6. The van der Waals surface area contributed by atoms with Gasteiger partial charge in [-0.2, -0.15) is 0 Å². The summed E-state index contributed by atoms with van der Waals surface area (Å²) in [4.78, 5) is 4.48. The number of fused-ring (bicyclic) bond motifs is 3. The molecule has 0 spiro atoms. The number of halogens is 2. The van der Waals surface area contributed by atoms with Gasteiger partial charge in [-0.15, -0.1) is 10.2 Å². The molecule has 0 aliphatic heterocycles. The number of hydrogen-bond acceptors (Lipinski definition) is 4. The zero-order chi connectivity index (χ0) is 18.4. The summed E-state index contributed by atoms with van der Waals surface area (Å²) in [5, 5.41) is 8.17. The van der Waals surface area contributed by atoms with Gasteiger partial charge in [-0.3, -0.25) is 4.40 Å². The van der Waals surface area contributed by atoms with Crippen LogP contribution in [0.1, 0.15) is 19.5 Å². The average molecular weight is 354 g/mol. The lowest BCUT2D eigenvalue weighted by Crippen LogP contribution is -2.06. The lowest BCUT2D eigenvalue weighted by atomic mass is 10.2. The van der Waals surface area contributed by atoms with Crippen molar-refractivity contribution < 1.29 is 13.5 Å². The van der Waals surface area contributed by atoms with Crippen molar-refractivity contribution in [3.63, 3.8) is 0 Å². The fourth-order valence-corrected chi connectivity index (χ4v) is 2.94. The quantitative estimate of drug-likeness (QED) is 0.550. The summed E-state index contributed by atoms with van der Waals surface area (Å²) in [6.07, 6.45) is -0.0401. The van der Waals surface area contributed by atoms with Gasteiger partial charge >= 0.3 is 0 Å². The van der Waals surface area contributed by atoms with Crippen LogP contribution >= 0.6 is 0 Å². The smallest absolute Gasteiger partial charge is 0.183 e. The summed E-state index contributed by atoms with van der Waals surface area (Å²) >= 11 is 0. The number of aromatic nitrogens is 4. The first kappa shape index (κ1) is 16.4. The van der Waals surface area contributed by atoms with Crippen LogP contribution in [0.5, 0.6) is 5.75 Å². The lowest BCUT2D eigenvalue weighted by molar-refractivity contribution is 0.242. The molecule has 132 valence electrons. The Morgan fingerprint density at radius 2 is 1.85 bits per heavy atom. The fourth-order valence-electron chi connectivity index (χ4n) is 2.94. The first-order valence-corrected chi connectivity index (χ1v) is 8.21. The predicted octanol–water partition coefficient (Wildman–Crippen LogP) is 4.32. The monoisotopic (exact) mass is 354 g/mol. The van der Waals surface area contributed by atoms with Crippen LogP contribution in [0.15, 0.2) is 36.4 Å². The number of benzene rings is 2. The number of hydrogen-bond donors (Lipinski definition) is 0. The van der Waals surface area contributed by atoms with Crippen LogP contribution in [0.4, 0.5) is 8.78 Å². The molecule has 0 unspecified atom stereocenters. The molecule has 0 atom stereocenters. The molecule has 7 heteroatoms. The lowest BCUT2D eigenvalue weighted by Gasteiger charge is -2.11. The Bertz CT molecular complexity index is 1140. The van der Waals surface area contributed by atoms with Crippen LogP contribution in [0, 0.1) is 18.6 Å². The molecule has 0 amide bonds. The van der Waals surface area contributed by atoms with Gasteiger partial charge in [-0.05, 0) is 51.1 Å². The maximum Gasteiger partial charge on any atom is 0.183 e. The van der Waals surface area contributed by atoms with E-state index in [0.717, 1.165) is 0 Å². The van der Waals surface area contributed by atoms with Crippen molar-refractivity contribution in [2.75, 3.05) is 0 Å². The Balaban J connectivity index is 2.03. The molecule has 4 aromatic rings. The van der Waals surface area contributed by atoms with Gasteiger partial charge < -0.3 is 4.74 Å². The predicted molar refractivity (Wildman–Crippen MR) is 94.1 cm³/mol. The molecule has 0 fully saturated rings. The molecular formula is C19H16F2N4O. The third kappa shape index (κ3) is 2.65. The van der Waals surface area contributed by atoms with Gasteiger partial charge in [0.1, 0.15) is 28.7 Å². The molecular weight excluding hydrogens is 338 g/mol. The summed E-state index contributed by atoms with van der Waals surface area (Å²) in [5.41, 5.74) is 2.35. The average Bonchev–Trinajstić information content (AvgIpc) is 2.93. The van der Waals surface area contributed by atoms with E-state index in [9.17, 15) is 8.78 Å². The Hall–Kier alpha value is -3.09. The van der Waals surface area contributed by atoms with E-state index in [0.29, 0.717) is 33.9 Å². The minimum absolute atomic E-state index is 0.0401. The second-order valence-corrected chi connectivity index (χ2v) is 6.32. The molecule has 0 radical (unpaired) electrons. The van der Waals surface area contributed by atoms with Crippen LogP contribution in [-0.2, 0) is 0 Å². The molecule has 4 rings (SSSR count). The van der Waals surface area contributed by atoms with Crippen molar-refractivity contribution in [2.24, 2.45) is 0 Å². The SMILES string of the molecule is Cc1nc(-c2cc(OC(C)C)ccc2F)n2c1nnc1cc(F)ccc12. The molecule has 0 saturated heterocycles. The fraction of sp³-hybridized carbons (Fsp3) is 0.211. The van der Waals surface area contributed by atoms with E-state index in [4.69, 9.17) is 4.74 Å². The van der Waals surface area contributed by atoms with Gasteiger partial charge in [0.2, 0.25) is 0 Å². The van der Waals surface area contributed by atoms with E-state index in [1.165, 1.54) is 18.2 Å². The van der Waals surface area contributed by atoms with Gasteiger partial charge in [0.15, 0.2) is 5.65 Å². The molecule has 2 heterocycles. The van der Waals surface area contributed by atoms with E-state index in [1.807, 2.05) is 13.8 Å². The highest BCUT2D eigenvalue weighted by Gasteiger charge is 2.18. The number of ether oxygens (including phenoxy) is 1. The number of nitrogens with zero attached hydrogens (tertiary/aromatic N) is 4. The minimum Gasteiger partial charge on any atom is -0.491 e. The second-order valence-electron chi connectivity index (χ2n) is 6.32. The molecule has 0 aliphatic carbocycles. The highest BCUT2D eigenvalue weighted by Crippen LogP contribution is 2.30. The summed E-state index contributed by atoms with van der Waals surface area (Å²) in [5.74, 6) is 0.0713. The van der Waals surface area contributed by atoms with Crippen LogP contribution in [0.3, 0.4) is 0 Å². The molecule has 26 heavy (non-hydrogen) atoms. The summed E-state index contributed by atoms with van der Waals surface area (Å²) in [6.45, 7) is 5.57. The third-order valence-electron chi connectivity index (χ3n) is 4.00. The van der Waals surface area contributed by atoms with Crippen LogP contribution in [0.25, 0.3) is 28.1 Å². The number of rotatable bonds is 3. The first-order chi connectivity index (χ1) is 12.4. The Kier molecular flexibility index (Phi) is 3.79. The molecule has 0 bridgehead atoms. The minimum atomic E-state index is -0.430. The largest absolute Gasteiger partial charge is 0.491 e. The Morgan fingerprint density at radius 3 is 2.62 bits per heavy atom. The second kappa shape index (κ2) is 6.01. The first-order valence-electron chi connectivity index (χ1n) is 8.21. The van der Waals surface area contributed by atoms with E-state index in [1.54, 1.807) is 29.5 Å². The van der Waals surface area contributed by atoms with Crippen molar-refractivity contribution in [2.45, 2.75) is 26.9 Å².